The summed E-state index contributed by atoms with van der Waals surface area (Å²) in [5.41, 5.74) is 5.18. The van der Waals surface area contributed by atoms with Crippen LogP contribution in [0, 0.1) is 25.6 Å². The normalized spacial score (nSPS) is 16.0. The smallest absolute Gasteiger partial charge is 0.246 e. The average molecular weight is 1090 g/mol. The van der Waals surface area contributed by atoms with Gasteiger partial charge in [-0.05, 0) is 72.0 Å². The predicted octanol–water partition coefficient (Wildman–Crippen LogP) is 7.87. The van der Waals surface area contributed by atoms with Gasteiger partial charge in [-0.25, -0.2) is 14.4 Å². The van der Waals surface area contributed by atoms with E-state index >= 15 is 4.39 Å². The van der Waals surface area contributed by atoms with Crippen LogP contribution in [0.25, 0.3) is 43.2 Å². The summed E-state index contributed by atoms with van der Waals surface area (Å²) in [7, 11) is 1.66. The Morgan fingerprint density at radius 1 is 1.04 bits per heavy atom. The Balaban J connectivity index is 0.882. The van der Waals surface area contributed by atoms with Crippen LogP contribution >= 0.6 is 22.9 Å². The molecule has 2 fully saturated rings. The molecule has 0 spiro atoms. The number of nitrogens with zero attached hydrogens (tertiary/aromatic N) is 8. The molecule has 3 atom stereocenters. The zero-order chi connectivity index (χ0) is 54.7. The number of nitrogens with one attached hydrogen (secondary N) is 2. The van der Waals surface area contributed by atoms with Gasteiger partial charge in [0, 0.05) is 88.3 Å². The predicted molar refractivity (Wildman–Crippen MR) is 293 cm³/mol. The van der Waals surface area contributed by atoms with Crippen LogP contribution in [-0.2, 0) is 25.7 Å². The quantitative estimate of drug-likeness (QED) is 0.0602. The number of rotatable bonds is 18. The third kappa shape index (κ3) is 11.7. The van der Waals surface area contributed by atoms with Crippen molar-refractivity contribution < 1.29 is 43.0 Å². The highest BCUT2D eigenvalue weighted by Gasteiger charge is 2.43. The Kier molecular flexibility index (Phi) is 16.4. The molecule has 77 heavy (non-hydrogen) atoms. The summed E-state index contributed by atoms with van der Waals surface area (Å²) in [6.45, 7) is 13.0. The lowest BCUT2D eigenvalue weighted by Crippen LogP contribution is -2.48. The molecule has 7 aromatic rings. The number of carbonyl (C=O) groups excluding carboxylic acids is 4. The summed E-state index contributed by atoms with van der Waals surface area (Å²) in [5.74, 6) is -1.45. The molecule has 0 unspecified atom stereocenters. The first-order valence-electron chi connectivity index (χ1n) is 25.4. The molecule has 4 N–H and O–H groups in total. The number of hydrogen-bond donors (Lipinski definition) is 4. The highest BCUT2D eigenvalue weighted by molar-refractivity contribution is 7.13. The number of aromatic nitrogens is 4. The van der Waals surface area contributed by atoms with Crippen molar-refractivity contribution in [3.05, 3.63) is 118 Å². The second-order valence-corrected chi connectivity index (χ2v) is 20.9. The maximum Gasteiger partial charge on any atom is 0.246 e. The number of β-amino-alcohol motifs (C(OH)–C–C–N with tert-alkyl or cyclic N) is 1. The van der Waals surface area contributed by atoms with Crippen molar-refractivity contribution in [1.29, 1.82) is 0 Å². The van der Waals surface area contributed by atoms with Gasteiger partial charge in [-0.2, -0.15) is 4.98 Å². The number of benzene rings is 4. The molecule has 2 aliphatic heterocycles. The van der Waals surface area contributed by atoms with Gasteiger partial charge in [0.25, 0.3) is 0 Å². The molecule has 0 aliphatic carbocycles. The summed E-state index contributed by atoms with van der Waals surface area (Å²) < 4.78 is 29.0. The number of likely N-dealkylation sites (N-methyl/N-ethyl adjacent to an activating group) is 1. The van der Waals surface area contributed by atoms with E-state index in [4.69, 9.17) is 25.8 Å². The number of halogens is 2. The van der Waals surface area contributed by atoms with Crippen LogP contribution in [-0.4, -0.2) is 140 Å². The maximum atomic E-state index is 17.2. The fraction of sp³-hybridized carbons (Fsp3) is 0.357. The highest BCUT2D eigenvalue weighted by atomic mass is 35.5. The molecule has 21 heteroatoms. The van der Waals surface area contributed by atoms with Crippen LogP contribution in [0.1, 0.15) is 55.3 Å². The molecule has 0 radical (unpaired) electrons. The van der Waals surface area contributed by atoms with E-state index in [9.17, 15) is 29.4 Å². The monoisotopic (exact) mass is 1090 g/mol. The number of aryl methyl sites for hydroxylation is 2. The number of phenols is 1. The second-order valence-electron chi connectivity index (χ2n) is 19.7. The summed E-state index contributed by atoms with van der Waals surface area (Å²) in [6.07, 6.45) is 0.472. The number of aromatic hydroxyl groups is 1. The molecule has 402 valence electrons. The van der Waals surface area contributed by atoms with E-state index in [1.807, 2.05) is 68.1 Å². The number of phenolic OH excluding ortho intramolecular Hbond substituents is 1. The number of carbonyl (C=O) groups is 4. The van der Waals surface area contributed by atoms with E-state index < -0.39 is 29.8 Å². The second kappa shape index (κ2) is 23.3. The van der Waals surface area contributed by atoms with Crippen molar-refractivity contribution >= 4 is 80.0 Å². The molecule has 5 heterocycles. The van der Waals surface area contributed by atoms with Crippen LogP contribution in [0.4, 0.5) is 16.2 Å². The van der Waals surface area contributed by atoms with Gasteiger partial charge in [-0.1, -0.05) is 73.6 Å². The van der Waals surface area contributed by atoms with E-state index in [-0.39, 0.29) is 97.1 Å². The van der Waals surface area contributed by atoms with Gasteiger partial charge >= 0.3 is 0 Å². The van der Waals surface area contributed by atoms with Crippen molar-refractivity contribution in [1.82, 2.24) is 40.1 Å². The van der Waals surface area contributed by atoms with Crippen LogP contribution in [0.5, 0.6) is 11.5 Å². The minimum Gasteiger partial charge on any atom is -0.508 e. The number of amides is 4. The summed E-state index contributed by atoms with van der Waals surface area (Å²) in [4.78, 5) is 75.4. The van der Waals surface area contributed by atoms with Crippen molar-refractivity contribution in [3.63, 3.8) is 0 Å². The van der Waals surface area contributed by atoms with Crippen LogP contribution < -0.4 is 20.3 Å². The van der Waals surface area contributed by atoms with Gasteiger partial charge in [0.1, 0.15) is 47.2 Å². The van der Waals surface area contributed by atoms with Crippen molar-refractivity contribution in [3.8, 4) is 33.1 Å². The molecule has 3 aromatic heterocycles. The average Bonchev–Trinajstić information content (AvgIpc) is 4.18. The lowest BCUT2D eigenvalue weighted by Gasteiger charge is -2.35. The Bertz CT molecular complexity index is 3380. The Labute approximate surface area is 453 Å². The van der Waals surface area contributed by atoms with Crippen LogP contribution in [0.15, 0.2) is 89.4 Å². The van der Waals surface area contributed by atoms with Crippen LogP contribution in [0.2, 0.25) is 5.02 Å². The Morgan fingerprint density at radius 2 is 1.82 bits per heavy atom. The summed E-state index contributed by atoms with van der Waals surface area (Å²) in [6, 6.07) is 18.4. The van der Waals surface area contributed by atoms with Gasteiger partial charge in [-0.15, -0.1) is 11.3 Å². The molecule has 2 aliphatic rings. The number of ether oxygens (including phenoxy) is 1. The number of anilines is 2. The third-order valence-corrected chi connectivity index (χ3v) is 15.3. The number of aliphatic hydroxyl groups is 1. The number of hydrogen-bond acceptors (Lipinski definition) is 15. The first-order valence-corrected chi connectivity index (χ1v) is 26.7. The number of piperazine rings is 1. The fourth-order valence-corrected chi connectivity index (χ4v) is 11.1. The van der Waals surface area contributed by atoms with Gasteiger partial charge in [0.15, 0.2) is 5.82 Å². The Morgan fingerprint density at radius 3 is 2.53 bits per heavy atom. The summed E-state index contributed by atoms with van der Waals surface area (Å²) in [5, 5.41) is 33.3. The lowest BCUT2D eigenvalue weighted by atomic mass is 9.91. The molecule has 4 amide bonds. The third-order valence-electron chi connectivity index (χ3n) is 14.1. The standard InChI is InChI=1S/C56H60ClFN10O8S/c1-7-46(71)66-16-18-67(19-17-66)53-41-27-42(57)49(40-25-37(69)23-34-10-8-9-11-39(34)40)50(58)51(41)62-56(63-53)59-15-14-47(72)65(6)20-21-75-44-24-35(52-33(5)61-30-77-52)12-13-36(44)28-60-54(73)43-26-38(70)29-68(43)55(74)48(31(2)3)45-22-32(4)64-76-45/h7-13,22-25,27,30-31,38,43,48,69-70H,1,14-21,26,28-29H2,2-6H3,(H,60,73)(H,59,62,63)/t38-,43+,48-/m1/s1. The molecule has 0 bridgehead atoms. The van der Waals surface area contributed by atoms with E-state index in [0.29, 0.717) is 76.5 Å². The minimum atomic E-state index is -0.919. The first kappa shape index (κ1) is 54.1. The molecule has 0 saturated carbocycles. The zero-order valence-electron chi connectivity index (χ0n) is 43.4. The van der Waals surface area contributed by atoms with Crippen molar-refractivity contribution in [2.45, 2.75) is 65.1 Å². The SMILES string of the molecule is C=CC(=O)N1CCN(c2nc(NCCC(=O)N(C)CCOc3cc(-c4scnc4C)ccc3CNC(=O)[C@@H]3C[C@@H](O)CN3C(=O)[C@@H](c3cc(C)no3)C(C)C)nc3c(F)c(-c4cc(O)cc5ccccc45)c(Cl)cc23)CC1. The van der Waals surface area contributed by atoms with Crippen molar-refractivity contribution in [2.75, 3.05) is 69.7 Å². The lowest BCUT2D eigenvalue weighted by molar-refractivity contribution is -0.141. The molecular weight excluding hydrogens is 1030 g/mol. The fourth-order valence-electron chi connectivity index (χ4n) is 10.0. The molecular formula is C56H60ClFN10O8S. The number of fused-ring (bicyclic) bond motifs is 2. The van der Waals surface area contributed by atoms with Gasteiger partial charge < -0.3 is 49.7 Å². The van der Waals surface area contributed by atoms with E-state index in [0.717, 1.165) is 16.1 Å². The topological polar surface area (TPSA) is 220 Å². The molecule has 4 aromatic carbocycles. The molecule has 18 nitrogen and oxygen atoms in total. The summed E-state index contributed by atoms with van der Waals surface area (Å²) >= 11 is 8.40. The number of aliphatic hydroxyl groups excluding tert-OH is 1. The minimum absolute atomic E-state index is 0.00150. The maximum absolute atomic E-state index is 17.2. The Hall–Kier alpha value is -7.68. The van der Waals surface area contributed by atoms with Gasteiger partial charge in [0.2, 0.25) is 29.6 Å². The first-order chi connectivity index (χ1) is 37.0. The number of likely N-dealkylation sites (tertiary alicyclic amines) is 1. The zero-order valence-corrected chi connectivity index (χ0v) is 45.0. The van der Waals surface area contributed by atoms with E-state index in [1.165, 1.54) is 33.3 Å². The largest absolute Gasteiger partial charge is 0.508 e. The number of thiazole rings is 1. The molecule has 9 rings (SSSR count). The van der Waals surface area contributed by atoms with Gasteiger partial charge in [-0.3, -0.25) is 19.2 Å². The van der Waals surface area contributed by atoms with E-state index in [2.05, 4.69) is 32.3 Å². The van der Waals surface area contributed by atoms with Crippen LogP contribution in [0.3, 0.4) is 0 Å². The highest BCUT2D eigenvalue weighted by Crippen LogP contribution is 2.43. The van der Waals surface area contributed by atoms with Gasteiger partial charge in [0.05, 0.1) is 39.4 Å². The van der Waals surface area contributed by atoms with E-state index in [1.54, 1.807) is 42.6 Å². The van der Waals surface area contributed by atoms with Crippen molar-refractivity contribution in [2.24, 2.45) is 5.92 Å². The molecule has 2 saturated heterocycles.